The zero-order valence-corrected chi connectivity index (χ0v) is 46.1. The third-order valence-corrected chi connectivity index (χ3v) is 13.3. The summed E-state index contributed by atoms with van der Waals surface area (Å²) < 4.78 is 16.9. The molecule has 402 valence electrons. The second kappa shape index (κ2) is 57.9. The van der Waals surface area contributed by atoms with Crippen LogP contribution < -0.4 is 0 Å². The van der Waals surface area contributed by atoms with Crippen LogP contribution in [0.5, 0.6) is 0 Å². The summed E-state index contributed by atoms with van der Waals surface area (Å²) in [6.45, 7) is 6.62. The average molecular weight is 968 g/mol. The summed E-state index contributed by atoms with van der Waals surface area (Å²) in [6.07, 6.45) is 70.9. The SMILES string of the molecule is CCCCC/C=C\C/C=C\CCCCCCCCCCCC(=O)OC[C@H](COC(=O)CCCCCCCCCCCCCCCCC)OC(=O)CCCCCCCCC/C=C\C/C=C\CCCCC. The maximum absolute atomic E-state index is 12.9. The van der Waals surface area contributed by atoms with Crippen molar-refractivity contribution in [2.45, 2.75) is 322 Å². The van der Waals surface area contributed by atoms with E-state index in [4.69, 9.17) is 14.2 Å². The molecule has 0 saturated carbocycles. The van der Waals surface area contributed by atoms with Crippen molar-refractivity contribution < 1.29 is 28.6 Å². The van der Waals surface area contributed by atoms with Crippen molar-refractivity contribution >= 4 is 17.9 Å². The van der Waals surface area contributed by atoms with E-state index in [0.717, 1.165) is 77.0 Å². The molecule has 0 aromatic heterocycles. The van der Waals surface area contributed by atoms with Gasteiger partial charge in [0.1, 0.15) is 13.2 Å². The first kappa shape index (κ1) is 66.4. The molecule has 0 aromatic carbocycles. The smallest absolute Gasteiger partial charge is 0.306 e. The predicted octanol–water partition coefficient (Wildman–Crippen LogP) is 20.2. The quantitative estimate of drug-likeness (QED) is 0.0262. The van der Waals surface area contributed by atoms with E-state index in [0.29, 0.717) is 19.3 Å². The Kier molecular flexibility index (Phi) is 55.7. The number of hydrogen-bond acceptors (Lipinski definition) is 6. The molecule has 6 heteroatoms. The molecule has 0 aromatic rings. The van der Waals surface area contributed by atoms with Gasteiger partial charge in [-0.15, -0.1) is 0 Å². The fraction of sp³-hybridized carbons (Fsp3) is 0.825. The molecule has 69 heavy (non-hydrogen) atoms. The van der Waals surface area contributed by atoms with Crippen LogP contribution in [0.25, 0.3) is 0 Å². The predicted molar refractivity (Wildman–Crippen MR) is 298 cm³/mol. The van der Waals surface area contributed by atoms with Crippen molar-refractivity contribution in [2.24, 2.45) is 0 Å². The topological polar surface area (TPSA) is 78.9 Å². The first-order chi connectivity index (χ1) is 34.0. The first-order valence-electron chi connectivity index (χ1n) is 30.1. The Hall–Kier alpha value is -2.63. The molecule has 0 aliphatic carbocycles. The normalized spacial score (nSPS) is 12.3. The molecule has 6 nitrogen and oxygen atoms in total. The zero-order chi connectivity index (χ0) is 50.0. The van der Waals surface area contributed by atoms with E-state index < -0.39 is 6.10 Å². The van der Waals surface area contributed by atoms with Gasteiger partial charge in [0.2, 0.25) is 0 Å². The van der Waals surface area contributed by atoms with Crippen LogP contribution in [0.1, 0.15) is 316 Å². The van der Waals surface area contributed by atoms with Gasteiger partial charge >= 0.3 is 17.9 Å². The zero-order valence-electron chi connectivity index (χ0n) is 46.1. The third-order valence-electron chi connectivity index (χ3n) is 13.3. The summed E-state index contributed by atoms with van der Waals surface area (Å²) in [7, 11) is 0. The van der Waals surface area contributed by atoms with Gasteiger partial charge in [0, 0.05) is 19.3 Å². The number of carbonyl (C=O) groups excluding carboxylic acids is 3. The van der Waals surface area contributed by atoms with Crippen LogP contribution >= 0.6 is 0 Å². The lowest BCUT2D eigenvalue weighted by Crippen LogP contribution is -2.30. The van der Waals surface area contributed by atoms with E-state index >= 15 is 0 Å². The Balaban J connectivity index is 4.36. The van der Waals surface area contributed by atoms with E-state index in [1.54, 1.807) is 0 Å². The van der Waals surface area contributed by atoms with Gasteiger partial charge in [0.15, 0.2) is 6.10 Å². The number of ether oxygens (including phenoxy) is 3. The molecular weight excluding hydrogens is 853 g/mol. The number of hydrogen-bond donors (Lipinski definition) is 0. The Morgan fingerprint density at radius 3 is 0.826 bits per heavy atom. The molecule has 0 fully saturated rings. The first-order valence-corrected chi connectivity index (χ1v) is 30.1. The van der Waals surface area contributed by atoms with Crippen molar-refractivity contribution in [3.05, 3.63) is 48.6 Å². The summed E-state index contributed by atoms with van der Waals surface area (Å²) >= 11 is 0. The molecule has 0 saturated heterocycles. The molecular formula is C63H114O6. The van der Waals surface area contributed by atoms with Crippen LogP contribution in [-0.2, 0) is 28.6 Å². The summed E-state index contributed by atoms with van der Waals surface area (Å²) in [5.41, 5.74) is 0. The highest BCUT2D eigenvalue weighted by molar-refractivity contribution is 5.71. The molecule has 0 bridgehead atoms. The maximum Gasteiger partial charge on any atom is 0.306 e. The Morgan fingerprint density at radius 1 is 0.290 bits per heavy atom. The van der Waals surface area contributed by atoms with Crippen LogP contribution in [0.3, 0.4) is 0 Å². The number of carbonyl (C=O) groups is 3. The van der Waals surface area contributed by atoms with Crippen LogP contribution in [0.4, 0.5) is 0 Å². The van der Waals surface area contributed by atoms with Gasteiger partial charge in [-0.05, 0) is 83.5 Å². The summed E-state index contributed by atoms with van der Waals surface area (Å²) in [4.78, 5) is 38.2. The Labute approximate surface area is 428 Å². The fourth-order valence-electron chi connectivity index (χ4n) is 8.74. The molecule has 0 aliphatic heterocycles. The highest BCUT2D eigenvalue weighted by Gasteiger charge is 2.19. The van der Waals surface area contributed by atoms with E-state index in [-0.39, 0.29) is 31.1 Å². The highest BCUT2D eigenvalue weighted by atomic mass is 16.6. The second-order valence-corrected chi connectivity index (χ2v) is 20.3. The van der Waals surface area contributed by atoms with Crippen LogP contribution in [0.2, 0.25) is 0 Å². The van der Waals surface area contributed by atoms with Crippen LogP contribution in [-0.4, -0.2) is 37.2 Å². The van der Waals surface area contributed by atoms with Crippen LogP contribution in [0, 0.1) is 0 Å². The van der Waals surface area contributed by atoms with Crippen molar-refractivity contribution in [3.63, 3.8) is 0 Å². The third kappa shape index (κ3) is 56.2. The summed E-state index contributed by atoms with van der Waals surface area (Å²) in [5.74, 6) is -0.869. The standard InChI is InChI=1S/C63H114O6/c1-4-7-10-13-16-19-22-25-28-30-31-33-35-38-41-44-47-50-53-56-62(65)68-59-60(58-67-61(64)55-52-49-46-43-40-37-34-27-24-21-18-15-12-9-6-3)69-63(66)57-54-51-48-45-42-39-36-32-29-26-23-20-17-14-11-8-5-2/h16-17,19-20,25-26,28-29,60H,4-15,18,21-24,27,30-59H2,1-3H3/b19-16-,20-17-,28-25-,29-26-/t60-/m0/s1. The molecule has 0 spiro atoms. The number of allylic oxidation sites excluding steroid dienone is 8. The van der Waals surface area contributed by atoms with Gasteiger partial charge in [-0.1, -0.05) is 262 Å². The van der Waals surface area contributed by atoms with Gasteiger partial charge in [-0.2, -0.15) is 0 Å². The highest BCUT2D eigenvalue weighted by Crippen LogP contribution is 2.16. The molecule has 0 N–H and O–H groups in total. The molecule has 0 unspecified atom stereocenters. The van der Waals surface area contributed by atoms with Crippen molar-refractivity contribution in [3.8, 4) is 0 Å². The van der Waals surface area contributed by atoms with E-state index in [2.05, 4.69) is 69.4 Å². The van der Waals surface area contributed by atoms with E-state index in [1.165, 1.54) is 199 Å². The molecule has 0 radical (unpaired) electrons. The van der Waals surface area contributed by atoms with Crippen molar-refractivity contribution in [2.75, 3.05) is 13.2 Å². The van der Waals surface area contributed by atoms with E-state index in [1.807, 2.05) is 0 Å². The Morgan fingerprint density at radius 2 is 0.522 bits per heavy atom. The van der Waals surface area contributed by atoms with Crippen molar-refractivity contribution in [1.29, 1.82) is 0 Å². The molecule has 0 aliphatic rings. The van der Waals surface area contributed by atoms with Gasteiger partial charge in [-0.3, -0.25) is 14.4 Å². The van der Waals surface area contributed by atoms with Gasteiger partial charge in [0.05, 0.1) is 0 Å². The minimum absolute atomic E-state index is 0.0743. The average Bonchev–Trinajstić information content (AvgIpc) is 3.35. The lowest BCUT2D eigenvalue weighted by molar-refractivity contribution is -0.167. The summed E-state index contributed by atoms with van der Waals surface area (Å²) in [6, 6.07) is 0. The summed E-state index contributed by atoms with van der Waals surface area (Å²) in [5, 5.41) is 0. The Bertz CT molecular complexity index is 1200. The lowest BCUT2D eigenvalue weighted by Gasteiger charge is -2.18. The number of esters is 3. The maximum atomic E-state index is 12.9. The van der Waals surface area contributed by atoms with Gasteiger partial charge in [0.25, 0.3) is 0 Å². The minimum Gasteiger partial charge on any atom is -0.462 e. The monoisotopic (exact) mass is 967 g/mol. The van der Waals surface area contributed by atoms with Crippen molar-refractivity contribution in [1.82, 2.24) is 0 Å². The molecule has 0 amide bonds. The van der Waals surface area contributed by atoms with E-state index in [9.17, 15) is 14.4 Å². The fourth-order valence-corrected chi connectivity index (χ4v) is 8.74. The lowest BCUT2D eigenvalue weighted by atomic mass is 10.0. The minimum atomic E-state index is -0.777. The van der Waals surface area contributed by atoms with Gasteiger partial charge in [-0.25, -0.2) is 0 Å². The molecule has 0 heterocycles. The number of rotatable bonds is 55. The molecule has 0 rings (SSSR count). The molecule has 1 atom stereocenters. The number of unbranched alkanes of at least 4 members (excludes halogenated alkanes) is 36. The van der Waals surface area contributed by atoms with Gasteiger partial charge < -0.3 is 14.2 Å². The largest absolute Gasteiger partial charge is 0.462 e. The van der Waals surface area contributed by atoms with Crippen LogP contribution in [0.15, 0.2) is 48.6 Å². The second-order valence-electron chi connectivity index (χ2n) is 20.3.